The third-order valence-corrected chi connectivity index (χ3v) is 4.47. The number of hydrogen-bond acceptors (Lipinski definition) is 5. The molecule has 0 radical (unpaired) electrons. The number of aryl methyl sites for hydroxylation is 1. The number of esters is 1. The number of carbonyl (C=O) groups is 4. The highest BCUT2D eigenvalue weighted by atomic mass is 16.5. The summed E-state index contributed by atoms with van der Waals surface area (Å²) in [4.78, 5) is 51.1. The standard InChI is InChI=1S/C22H26N2O5/c1-12-18(14(3)25)13(2)23-19(12)20(27)29-11-17(26)15-7-9-16(10-8-15)24-21(28)22(4,5)6/h7-10,23H,11H2,1-6H3,(H,24,28). The van der Waals surface area contributed by atoms with Gasteiger partial charge in [0.15, 0.2) is 18.2 Å². The van der Waals surface area contributed by atoms with Gasteiger partial charge < -0.3 is 15.0 Å². The molecule has 154 valence electrons. The van der Waals surface area contributed by atoms with Crippen molar-refractivity contribution in [2.75, 3.05) is 11.9 Å². The van der Waals surface area contributed by atoms with Crippen LogP contribution in [0.1, 0.15) is 70.2 Å². The maximum atomic E-state index is 12.3. The molecule has 29 heavy (non-hydrogen) atoms. The number of rotatable bonds is 6. The number of nitrogens with one attached hydrogen (secondary N) is 2. The van der Waals surface area contributed by atoms with Crippen molar-refractivity contribution in [3.05, 3.63) is 52.3 Å². The minimum absolute atomic E-state index is 0.132. The van der Waals surface area contributed by atoms with Crippen molar-refractivity contribution >= 4 is 29.1 Å². The maximum Gasteiger partial charge on any atom is 0.355 e. The van der Waals surface area contributed by atoms with Gasteiger partial charge in [0.05, 0.1) is 0 Å². The molecule has 2 rings (SSSR count). The van der Waals surface area contributed by atoms with E-state index in [0.717, 1.165) is 0 Å². The van der Waals surface area contributed by atoms with Crippen molar-refractivity contribution in [3.63, 3.8) is 0 Å². The molecule has 7 nitrogen and oxygen atoms in total. The number of carbonyl (C=O) groups excluding carboxylic acids is 4. The third-order valence-electron chi connectivity index (χ3n) is 4.47. The van der Waals surface area contributed by atoms with Crippen LogP contribution in [0, 0.1) is 19.3 Å². The van der Waals surface area contributed by atoms with Gasteiger partial charge in [-0.1, -0.05) is 20.8 Å². The van der Waals surface area contributed by atoms with Gasteiger partial charge in [-0.3, -0.25) is 14.4 Å². The molecule has 0 aliphatic rings. The van der Waals surface area contributed by atoms with Crippen LogP contribution >= 0.6 is 0 Å². The number of aromatic amines is 1. The molecule has 0 fully saturated rings. The molecule has 0 bridgehead atoms. The summed E-state index contributed by atoms with van der Waals surface area (Å²) in [7, 11) is 0. The van der Waals surface area contributed by atoms with Gasteiger partial charge in [-0.15, -0.1) is 0 Å². The first-order chi connectivity index (χ1) is 13.4. The van der Waals surface area contributed by atoms with Crippen LogP contribution in [0.2, 0.25) is 0 Å². The Bertz CT molecular complexity index is 962. The van der Waals surface area contributed by atoms with Crippen molar-refractivity contribution in [2.45, 2.75) is 41.5 Å². The van der Waals surface area contributed by atoms with Gasteiger partial charge in [0.2, 0.25) is 5.91 Å². The van der Waals surface area contributed by atoms with Crippen LogP contribution in [-0.2, 0) is 9.53 Å². The van der Waals surface area contributed by atoms with E-state index in [1.54, 1.807) is 58.9 Å². The minimum Gasteiger partial charge on any atom is -0.453 e. The average molecular weight is 398 g/mol. The number of Topliss-reactive ketones (excluding diaryl/α,β-unsaturated/α-hetero) is 2. The highest BCUT2D eigenvalue weighted by Gasteiger charge is 2.22. The summed E-state index contributed by atoms with van der Waals surface area (Å²) in [6.45, 7) is 9.77. The van der Waals surface area contributed by atoms with Gasteiger partial charge >= 0.3 is 5.97 Å². The van der Waals surface area contributed by atoms with E-state index in [0.29, 0.717) is 28.1 Å². The first kappa shape index (κ1) is 22.1. The molecule has 2 N–H and O–H groups in total. The van der Waals surface area contributed by atoms with Crippen molar-refractivity contribution in [3.8, 4) is 0 Å². The zero-order chi connectivity index (χ0) is 21.9. The Labute approximate surface area is 169 Å². The number of aromatic nitrogens is 1. The van der Waals surface area contributed by atoms with Gasteiger partial charge in [0, 0.05) is 27.9 Å². The largest absolute Gasteiger partial charge is 0.453 e. The molecular formula is C22H26N2O5. The number of hydrogen-bond donors (Lipinski definition) is 2. The summed E-state index contributed by atoms with van der Waals surface area (Å²) in [6, 6.07) is 6.37. The second kappa shape index (κ2) is 8.43. The molecule has 0 saturated heterocycles. The second-order valence-corrected chi connectivity index (χ2v) is 7.96. The Morgan fingerprint density at radius 3 is 2.10 bits per heavy atom. The summed E-state index contributed by atoms with van der Waals surface area (Å²) in [5.41, 5.74) is 2.12. The maximum absolute atomic E-state index is 12.3. The van der Waals surface area contributed by atoms with Crippen molar-refractivity contribution < 1.29 is 23.9 Å². The zero-order valence-electron chi connectivity index (χ0n) is 17.6. The number of benzene rings is 1. The van der Waals surface area contributed by atoms with Gasteiger partial charge in [0.1, 0.15) is 5.69 Å². The number of ether oxygens (including phenoxy) is 1. The Balaban J connectivity index is 2.01. The average Bonchev–Trinajstić information content (AvgIpc) is 2.93. The predicted octanol–water partition coefficient (Wildman–Crippen LogP) is 3.86. The van der Waals surface area contributed by atoms with Crippen LogP contribution in [0.25, 0.3) is 0 Å². The minimum atomic E-state index is -0.694. The number of ketones is 2. The van der Waals surface area contributed by atoms with Crippen molar-refractivity contribution in [1.29, 1.82) is 0 Å². The Morgan fingerprint density at radius 1 is 1.03 bits per heavy atom. The summed E-state index contributed by atoms with van der Waals surface area (Å²) in [5.74, 6) is -1.35. The monoisotopic (exact) mass is 398 g/mol. The van der Waals surface area contributed by atoms with Crippen LogP contribution in [0.3, 0.4) is 0 Å². The van der Waals surface area contributed by atoms with Gasteiger partial charge in [-0.05, 0) is 50.6 Å². The van der Waals surface area contributed by atoms with E-state index >= 15 is 0 Å². The fourth-order valence-corrected chi connectivity index (χ4v) is 2.83. The predicted molar refractivity (Wildman–Crippen MR) is 109 cm³/mol. The molecule has 1 aromatic heterocycles. The molecule has 1 heterocycles. The van der Waals surface area contributed by atoms with E-state index in [-0.39, 0.29) is 23.2 Å². The van der Waals surface area contributed by atoms with Gasteiger partial charge in [-0.2, -0.15) is 0 Å². The van der Waals surface area contributed by atoms with Crippen LogP contribution in [0.5, 0.6) is 0 Å². The fraction of sp³-hybridized carbons (Fsp3) is 0.364. The molecular weight excluding hydrogens is 372 g/mol. The topological polar surface area (TPSA) is 105 Å². The smallest absolute Gasteiger partial charge is 0.355 e. The zero-order valence-corrected chi connectivity index (χ0v) is 17.6. The normalized spacial score (nSPS) is 11.1. The second-order valence-electron chi connectivity index (χ2n) is 7.96. The molecule has 1 aromatic carbocycles. The van der Waals surface area contributed by atoms with Crippen LogP contribution < -0.4 is 5.32 Å². The van der Waals surface area contributed by atoms with E-state index in [1.165, 1.54) is 6.92 Å². The molecule has 0 spiro atoms. The Kier molecular flexibility index (Phi) is 6.41. The SMILES string of the molecule is CC(=O)c1c(C)[nH]c(C(=O)OCC(=O)c2ccc(NC(=O)C(C)(C)C)cc2)c1C. The van der Waals surface area contributed by atoms with Crippen LogP contribution in [0.15, 0.2) is 24.3 Å². The molecule has 2 aromatic rings. The van der Waals surface area contributed by atoms with Crippen molar-refractivity contribution in [1.82, 2.24) is 4.98 Å². The summed E-state index contributed by atoms with van der Waals surface area (Å²) in [6.07, 6.45) is 0. The number of amides is 1. The van der Waals surface area contributed by atoms with E-state index in [1.807, 2.05) is 0 Å². The van der Waals surface area contributed by atoms with E-state index in [2.05, 4.69) is 10.3 Å². The molecule has 1 amide bonds. The van der Waals surface area contributed by atoms with Crippen molar-refractivity contribution in [2.24, 2.45) is 5.41 Å². The molecule has 7 heteroatoms. The molecule has 0 aliphatic heterocycles. The summed E-state index contributed by atoms with van der Waals surface area (Å²) >= 11 is 0. The Hall–Kier alpha value is -3.22. The number of H-pyrrole nitrogens is 1. The highest BCUT2D eigenvalue weighted by Crippen LogP contribution is 2.20. The lowest BCUT2D eigenvalue weighted by Gasteiger charge is -2.17. The summed E-state index contributed by atoms with van der Waals surface area (Å²) < 4.78 is 5.11. The first-order valence-electron chi connectivity index (χ1n) is 9.23. The lowest BCUT2D eigenvalue weighted by atomic mass is 9.95. The van der Waals surface area contributed by atoms with E-state index in [4.69, 9.17) is 4.74 Å². The lowest BCUT2D eigenvalue weighted by Crippen LogP contribution is -2.27. The molecule has 0 atom stereocenters. The first-order valence-corrected chi connectivity index (χ1v) is 9.23. The van der Waals surface area contributed by atoms with E-state index in [9.17, 15) is 19.2 Å². The van der Waals surface area contributed by atoms with Gasteiger partial charge in [-0.25, -0.2) is 4.79 Å². The third kappa shape index (κ3) is 5.19. The van der Waals surface area contributed by atoms with E-state index < -0.39 is 18.0 Å². The van der Waals surface area contributed by atoms with Crippen LogP contribution in [0.4, 0.5) is 5.69 Å². The number of anilines is 1. The summed E-state index contributed by atoms with van der Waals surface area (Å²) in [5, 5.41) is 2.78. The Morgan fingerprint density at radius 2 is 1.62 bits per heavy atom. The molecule has 0 saturated carbocycles. The molecule has 0 aliphatic carbocycles. The highest BCUT2D eigenvalue weighted by molar-refractivity contribution is 6.03. The molecule has 0 unspecified atom stereocenters. The lowest BCUT2D eigenvalue weighted by molar-refractivity contribution is -0.123. The van der Waals surface area contributed by atoms with Gasteiger partial charge in [0.25, 0.3) is 0 Å². The fourth-order valence-electron chi connectivity index (χ4n) is 2.83. The van der Waals surface area contributed by atoms with Crippen LogP contribution in [-0.4, -0.2) is 35.0 Å². The quantitative estimate of drug-likeness (QED) is 0.568.